The summed E-state index contributed by atoms with van der Waals surface area (Å²) in [5, 5.41) is 3.71. The molecule has 1 aliphatic heterocycles. The van der Waals surface area contributed by atoms with E-state index in [2.05, 4.69) is 31.0 Å². The number of halogens is 1. The van der Waals surface area contributed by atoms with E-state index in [1.54, 1.807) is 24.3 Å². The summed E-state index contributed by atoms with van der Waals surface area (Å²) in [7, 11) is 1.37. The van der Waals surface area contributed by atoms with E-state index in [1.165, 1.54) is 19.2 Å². The molecule has 6 heteroatoms. The molecule has 1 spiro atoms. The zero-order valence-corrected chi connectivity index (χ0v) is 19.8. The van der Waals surface area contributed by atoms with E-state index < -0.39 is 11.7 Å². The molecule has 1 N–H and O–H groups in total. The van der Waals surface area contributed by atoms with Gasteiger partial charge in [-0.05, 0) is 72.9 Å². The van der Waals surface area contributed by atoms with Crippen LogP contribution in [0.2, 0.25) is 0 Å². The van der Waals surface area contributed by atoms with Gasteiger partial charge >= 0.3 is 5.97 Å². The number of amides is 1. The van der Waals surface area contributed by atoms with Crippen LogP contribution in [0.15, 0.2) is 48.5 Å². The number of nitrogens with zero attached hydrogens (tertiary/aromatic N) is 1. The second kappa shape index (κ2) is 9.26. The molecule has 0 radical (unpaired) electrons. The van der Waals surface area contributed by atoms with E-state index in [4.69, 9.17) is 4.74 Å². The van der Waals surface area contributed by atoms with E-state index >= 15 is 0 Å². The average Bonchev–Trinajstić information content (AvgIpc) is 3.05. The molecule has 1 amide bonds. The number of ether oxygens (including phenoxy) is 1. The first-order valence-electron chi connectivity index (χ1n) is 11.8. The van der Waals surface area contributed by atoms with E-state index in [1.807, 2.05) is 12.1 Å². The number of carbonyl (C=O) groups excluding carboxylic acids is 2. The van der Waals surface area contributed by atoms with Gasteiger partial charge in [-0.3, -0.25) is 10.1 Å². The Kier molecular flexibility index (Phi) is 6.57. The van der Waals surface area contributed by atoms with E-state index in [9.17, 15) is 14.0 Å². The smallest absolute Gasteiger partial charge is 0.337 e. The van der Waals surface area contributed by atoms with Crippen molar-refractivity contribution in [3.8, 4) is 0 Å². The van der Waals surface area contributed by atoms with Gasteiger partial charge in [-0.2, -0.15) is 0 Å². The molecule has 176 valence electrons. The summed E-state index contributed by atoms with van der Waals surface area (Å²) < 4.78 is 18.4. The molecule has 1 heterocycles. The SMILES string of the molecule is CCC(c1ccc(C(=O)OC)cc1)N1C(=O)C(c2ccc(F)cc2)NC12CC(C)CC(C)C2. The van der Waals surface area contributed by atoms with Gasteiger partial charge in [0.25, 0.3) is 0 Å². The lowest BCUT2D eigenvalue weighted by Gasteiger charge is -2.48. The summed E-state index contributed by atoms with van der Waals surface area (Å²) in [6.45, 7) is 6.58. The topological polar surface area (TPSA) is 58.6 Å². The summed E-state index contributed by atoms with van der Waals surface area (Å²) in [5.74, 6) is 0.279. The minimum Gasteiger partial charge on any atom is -0.465 e. The summed E-state index contributed by atoms with van der Waals surface area (Å²) in [6.07, 6.45) is 3.62. The summed E-state index contributed by atoms with van der Waals surface area (Å²) in [4.78, 5) is 27.9. The maximum Gasteiger partial charge on any atom is 0.337 e. The number of methoxy groups -OCH3 is 1. The van der Waals surface area contributed by atoms with Crippen molar-refractivity contribution in [1.29, 1.82) is 0 Å². The van der Waals surface area contributed by atoms with Gasteiger partial charge < -0.3 is 9.64 Å². The molecule has 2 aromatic rings. The highest BCUT2D eigenvalue weighted by atomic mass is 19.1. The molecule has 0 aromatic heterocycles. The van der Waals surface area contributed by atoms with E-state index in [-0.39, 0.29) is 23.7 Å². The number of hydrogen-bond donors (Lipinski definition) is 1. The number of hydrogen-bond acceptors (Lipinski definition) is 4. The van der Waals surface area contributed by atoms with Crippen LogP contribution in [0.1, 0.15) is 80.0 Å². The van der Waals surface area contributed by atoms with E-state index in [0.29, 0.717) is 17.4 Å². The summed E-state index contributed by atoms with van der Waals surface area (Å²) >= 11 is 0. The largest absolute Gasteiger partial charge is 0.465 e. The van der Waals surface area contributed by atoms with Crippen LogP contribution in [0.4, 0.5) is 4.39 Å². The Bertz CT molecular complexity index is 995. The van der Waals surface area contributed by atoms with Crippen molar-refractivity contribution >= 4 is 11.9 Å². The van der Waals surface area contributed by atoms with Gasteiger partial charge in [-0.1, -0.05) is 45.0 Å². The standard InChI is InChI=1S/C27H33FN2O3/c1-5-23(19-6-8-21(9-7-19)26(32)33-4)30-25(31)24(20-10-12-22(28)13-11-20)29-27(30)15-17(2)14-18(3)16-27/h6-13,17-18,23-24,29H,5,14-16H2,1-4H3. The van der Waals surface area contributed by atoms with Gasteiger partial charge in [0.15, 0.2) is 0 Å². The lowest BCUT2D eigenvalue weighted by atomic mass is 9.75. The maximum atomic E-state index is 14.0. The van der Waals surface area contributed by atoms with Crippen molar-refractivity contribution < 1.29 is 18.7 Å². The Morgan fingerprint density at radius 1 is 1.12 bits per heavy atom. The highest BCUT2D eigenvalue weighted by Crippen LogP contribution is 2.48. The van der Waals surface area contributed by atoms with Crippen molar-refractivity contribution in [3.05, 3.63) is 71.0 Å². The van der Waals surface area contributed by atoms with Gasteiger partial charge in [0.2, 0.25) is 5.91 Å². The number of carbonyl (C=O) groups is 2. The van der Waals surface area contributed by atoms with Crippen LogP contribution in [0, 0.1) is 17.7 Å². The van der Waals surface area contributed by atoms with E-state index in [0.717, 1.165) is 36.8 Å². The third-order valence-corrected chi connectivity index (χ3v) is 7.15. The molecule has 2 fully saturated rings. The third-order valence-electron chi connectivity index (χ3n) is 7.15. The molecule has 4 atom stereocenters. The van der Waals surface area contributed by atoms with Gasteiger partial charge in [0.05, 0.1) is 24.4 Å². The Hall–Kier alpha value is -2.73. The van der Waals surface area contributed by atoms with Crippen LogP contribution in [0.3, 0.4) is 0 Å². The molecule has 1 saturated carbocycles. The quantitative estimate of drug-likeness (QED) is 0.618. The molecule has 1 saturated heterocycles. The van der Waals surface area contributed by atoms with Gasteiger partial charge in [-0.25, -0.2) is 9.18 Å². The molecule has 4 rings (SSSR count). The lowest BCUT2D eigenvalue weighted by molar-refractivity contribution is -0.138. The molecule has 33 heavy (non-hydrogen) atoms. The zero-order valence-electron chi connectivity index (χ0n) is 19.8. The highest BCUT2D eigenvalue weighted by molar-refractivity contribution is 5.89. The Balaban J connectivity index is 1.75. The first kappa shape index (κ1) is 23.4. The number of nitrogens with one attached hydrogen (secondary N) is 1. The average molecular weight is 453 g/mol. The Labute approximate surface area is 195 Å². The van der Waals surface area contributed by atoms with Crippen LogP contribution in [0.5, 0.6) is 0 Å². The molecular weight excluding hydrogens is 419 g/mol. The summed E-state index contributed by atoms with van der Waals surface area (Å²) in [5.41, 5.74) is 1.80. The fourth-order valence-corrected chi connectivity index (χ4v) is 6.01. The second-order valence-electron chi connectivity index (χ2n) is 9.76. The Morgan fingerprint density at radius 2 is 1.73 bits per heavy atom. The van der Waals surface area contributed by atoms with Gasteiger partial charge in [0.1, 0.15) is 11.9 Å². The molecule has 5 nitrogen and oxygen atoms in total. The normalized spacial score (nSPS) is 28.2. The minimum atomic E-state index is -0.508. The fraction of sp³-hybridized carbons (Fsp3) is 0.481. The van der Waals surface area contributed by atoms with Crippen LogP contribution in [-0.2, 0) is 9.53 Å². The lowest BCUT2D eigenvalue weighted by Crippen LogP contribution is -2.57. The van der Waals surface area contributed by atoms with Gasteiger partial charge in [-0.15, -0.1) is 0 Å². The monoisotopic (exact) mass is 452 g/mol. The Morgan fingerprint density at radius 3 is 2.27 bits per heavy atom. The van der Waals surface area contributed by atoms with Crippen LogP contribution >= 0.6 is 0 Å². The van der Waals surface area contributed by atoms with Crippen LogP contribution < -0.4 is 5.32 Å². The minimum absolute atomic E-state index is 0.0202. The van der Waals surface area contributed by atoms with Crippen LogP contribution in [-0.4, -0.2) is 29.5 Å². The first-order chi connectivity index (χ1) is 15.8. The van der Waals surface area contributed by atoms with Crippen molar-refractivity contribution in [1.82, 2.24) is 10.2 Å². The summed E-state index contributed by atoms with van der Waals surface area (Å²) in [6, 6.07) is 12.9. The third kappa shape index (κ3) is 4.41. The molecular formula is C27H33FN2O3. The predicted octanol–water partition coefficient (Wildman–Crippen LogP) is 5.39. The van der Waals surface area contributed by atoms with Gasteiger partial charge in [0, 0.05) is 0 Å². The van der Waals surface area contributed by atoms with Crippen molar-refractivity contribution in [3.63, 3.8) is 0 Å². The highest BCUT2D eigenvalue weighted by Gasteiger charge is 2.55. The first-order valence-corrected chi connectivity index (χ1v) is 11.8. The van der Waals surface area contributed by atoms with Crippen molar-refractivity contribution in [2.75, 3.05) is 7.11 Å². The number of rotatable bonds is 5. The van der Waals surface area contributed by atoms with Crippen LogP contribution in [0.25, 0.3) is 0 Å². The molecule has 0 bridgehead atoms. The maximum absolute atomic E-state index is 14.0. The molecule has 1 aliphatic carbocycles. The molecule has 4 unspecified atom stereocenters. The van der Waals surface area contributed by atoms with Crippen molar-refractivity contribution in [2.24, 2.45) is 11.8 Å². The predicted molar refractivity (Wildman–Crippen MR) is 125 cm³/mol. The number of esters is 1. The molecule has 2 aromatic carbocycles. The zero-order chi connectivity index (χ0) is 23.8. The fourth-order valence-electron chi connectivity index (χ4n) is 6.01. The van der Waals surface area contributed by atoms with Crippen molar-refractivity contribution in [2.45, 2.75) is 64.2 Å². The second-order valence-corrected chi connectivity index (χ2v) is 9.76. The molecule has 2 aliphatic rings. The number of benzene rings is 2.